The third kappa shape index (κ3) is 3.95. The highest BCUT2D eigenvalue weighted by molar-refractivity contribution is 5.80. The van der Waals surface area contributed by atoms with E-state index in [0.717, 1.165) is 5.76 Å². The average Bonchev–Trinajstić information content (AvgIpc) is 2.92. The molecule has 1 aromatic carbocycles. The van der Waals surface area contributed by atoms with Crippen LogP contribution in [0.4, 0.5) is 0 Å². The molecule has 0 saturated carbocycles. The maximum atomic E-state index is 11.8. The number of nitrogens with one attached hydrogen (secondary N) is 1. The Morgan fingerprint density at radius 1 is 1.33 bits per heavy atom. The molecule has 0 fully saturated rings. The first kappa shape index (κ1) is 14.8. The zero-order valence-corrected chi connectivity index (χ0v) is 12.0. The molecule has 2 rings (SSSR count). The molecule has 0 bridgehead atoms. The maximum Gasteiger partial charge on any atom is 0.258 e. The lowest BCUT2D eigenvalue weighted by molar-refractivity contribution is -0.123. The number of hydrogen-bond donors (Lipinski definition) is 1. The van der Waals surface area contributed by atoms with E-state index in [-0.39, 0.29) is 18.6 Å². The summed E-state index contributed by atoms with van der Waals surface area (Å²) >= 11 is 0. The average molecular weight is 287 g/mol. The molecule has 0 radical (unpaired) electrons. The second kappa shape index (κ2) is 6.74. The number of para-hydroxylation sites is 1. The van der Waals surface area contributed by atoms with Gasteiger partial charge in [-0.25, -0.2) is 0 Å². The quantitative estimate of drug-likeness (QED) is 0.829. The van der Waals surface area contributed by atoms with Gasteiger partial charge in [0.25, 0.3) is 5.91 Å². The number of carbonyl (C=O) groups excluding carboxylic acids is 2. The van der Waals surface area contributed by atoms with E-state index in [1.54, 1.807) is 24.3 Å². The summed E-state index contributed by atoms with van der Waals surface area (Å²) in [5.41, 5.74) is 0.417. The van der Waals surface area contributed by atoms with Gasteiger partial charge in [-0.15, -0.1) is 0 Å². The summed E-state index contributed by atoms with van der Waals surface area (Å²) in [6.07, 6.45) is 0.696. The van der Waals surface area contributed by atoms with E-state index in [0.29, 0.717) is 23.4 Å². The lowest BCUT2D eigenvalue weighted by atomic mass is 10.2. The number of furan rings is 1. The van der Waals surface area contributed by atoms with Gasteiger partial charge in [0.2, 0.25) is 0 Å². The van der Waals surface area contributed by atoms with Crippen LogP contribution >= 0.6 is 0 Å². The molecule has 0 aliphatic heterocycles. The number of carbonyl (C=O) groups is 2. The van der Waals surface area contributed by atoms with Crippen molar-refractivity contribution in [1.82, 2.24) is 5.32 Å². The smallest absolute Gasteiger partial charge is 0.258 e. The van der Waals surface area contributed by atoms with Crippen molar-refractivity contribution in [3.63, 3.8) is 0 Å². The van der Waals surface area contributed by atoms with Gasteiger partial charge >= 0.3 is 0 Å². The summed E-state index contributed by atoms with van der Waals surface area (Å²) in [5.74, 6) is 1.60. The zero-order valence-electron chi connectivity index (χ0n) is 12.0. The summed E-state index contributed by atoms with van der Waals surface area (Å²) in [6.45, 7) is 3.52. The SMILES string of the molecule is Cc1ccc(C(C)NC(=O)COc2ccccc2C=O)o1. The molecule has 110 valence electrons. The van der Waals surface area contributed by atoms with Crippen molar-refractivity contribution in [3.8, 4) is 5.75 Å². The number of hydrogen-bond acceptors (Lipinski definition) is 4. The summed E-state index contributed by atoms with van der Waals surface area (Å²) in [7, 11) is 0. The minimum atomic E-state index is -0.280. The van der Waals surface area contributed by atoms with Crippen LogP contribution < -0.4 is 10.1 Å². The van der Waals surface area contributed by atoms with Crippen LogP contribution in [0.2, 0.25) is 0 Å². The molecular formula is C16H17NO4. The number of ether oxygens (including phenoxy) is 1. The highest BCUT2D eigenvalue weighted by atomic mass is 16.5. The standard InChI is InChI=1S/C16H17NO4/c1-11-7-8-14(21-11)12(2)17-16(19)10-20-15-6-4-3-5-13(15)9-18/h3-9,12H,10H2,1-2H3,(H,17,19). The molecule has 0 aliphatic carbocycles. The molecule has 5 heteroatoms. The molecule has 0 saturated heterocycles. The summed E-state index contributed by atoms with van der Waals surface area (Å²) in [4.78, 5) is 22.7. The van der Waals surface area contributed by atoms with Crippen molar-refractivity contribution in [1.29, 1.82) is 0 Å². The first-order valence-electron chi connectivity index (χ1n) is 6.63. The first-order valence-corrected chi connectivity index (χ1v) is 6.63. The van der Waals surface area contributed by atoms with Gasteiger partial charge in [-0.1, -0.05) is 12.1 Å². The minimum Gasteiger partial charge on any atom is -0.483 e. The minimum absolute atomic E-state index is 0.158. The van der Waals surface area contributed by atoms with E-state index in [4.69, 9.17) is 9.15 Å². The fraction of sp³-hybridized carbons (Fsp3) is 0.250. The third-order valence-corrected chi connectivity index (χ3v) is 2.97. The fourth-order valence-corrected chi connectivity index (χ4v) is 1.89. The van der Waals surface area contributed by atoms with Gasteiger partial charge in [0.15, 0.2) is 12.9 Å². The molecule has 1 N–H and O–H groups in total. The highest BCUT2D eigenvalue weighted by Crippen LogP contribution is 2.17. The molecule has 21 heavy (non-hydrogen) atoms. The first-order chi connectivity index (χ1) is 10.1. The van der Waals surface area contributed by atoms with Crippen LogP contribution in [-0.2, 0) is 4.79 Å². The second-order valence-electron chi connectivity index (χ2n) is 4.68. The van der Waals surface area contributed by atoms with E-state index >= 15 is 0 Å². The van der Waals surface area contributed by atoms with E-state index in [2.05, 4.69) is 5.32 Å². The Hall–Kier alpha value is -2.56. The van der Waals surface area contributed by atoms with Crippen LogP contribution in [0, 0.1) is 6.92 Å². The number of aryl methyl sites for hydroxylation is 1. The number of benzene rings is 1. The maximum absolute atomic E-state index is 11.8. The van der Waals surface area contributed by atoms with Crippen molar-refractivity contribution in [2.24, 2.45) is 0 Å². The molecular weight excluding hydrogens is 270 g/mol. The summed E-state index contributed by atoms with van der Waals surface area (Å²) < 4.78 is 10.8. The topological polar surface area (TPSA) is 68.5 Å². The molecule has 1 amide bonds. The Bertz CT molecular complexity index is 633. The predicted molar refractivity (Wildman–Crippen MR) is 77.3 cm³/mol. The molecule has 0 aliphatic rings. The van der Waals surface area contributed by atoms with Crippen molar-refractivity contribution in [2.75, 3.05) is 6.61 Å². The van der Waals surface area contributed by atoms with Crippen LogP contribution in [0.3, 0.4) is 0 Å². The van der Waals surface area contributed by atoms with Crippen molar-refractivity contribution in [2.45, 2.75) is 19.9 Å². The van der Waals surface area contributed by atoms with Crippen LogP contribution in [0.15, 0.2) is 40.8 Å². The zero-order chi connectivity index (χ0) is 15.2. The number of rotatable bonds is 6. The molecule has 2 aromatic rings. The molecule has 1 aromatic heterocycles. The van der Waals surface area contributed by atoms with Crippen molar-refractivity contribution < 1.29 is 18.7 Å². The van der Waals surface area contributed by atoms with Gasteiger partial charge in [0.1, 0.15) is 17.3 Å². The van der Waals surface area contributed by atoms with Crippen molar-refractivity contribution in [3.05, 3.63) is 53.5 Å². The molecule has 0 spiro atoms. The number of aldehydes is 1. The number of amides is 1. The molecule has 1 heterocycles. The van der Waals surface area contributed by atoms with Gasteiger partial charge in [-0.05, 0) is 38.1 Å². The van der Waals surface area contributed by atoms with Crippen LogP contribution in [0.25, 0.3) is 0 Å². The summed E-state index contributed by atoms with van der Waals surface area (Å²) in [6, 6.07) is 10.2. The Kier molecular flexibility index (Phi) is 4.77. The van der Waals surface area contributed by atoms with Gasteiger partial charge in [-0.3, -0.25) is 9.59 Å². The lowest BCUT2D eigenvalue weighted by Gasteiger charge is -2.12. The van der Waals surface area contributed by atoms with Crippen LogP contribution in [0.1, 0.15) is 34.8 Å². The Morgan fingerprint density at radius 3 is 2.76 bits per heavy atom. The largest absolute Gasteiger partial charge is 0.483 e. The van der Waals surface area contributed by atoms with Crippen molar-refractivity contribution >= 4 is 12.2 Å². The van der Waals surface area contributed by atoms with E-state index in [9.17, 15) is 9.59 Å². The van der Waals surface area contributed by atoms with E-state index < -0.39 is 0 Å². The monoisotopic (exact) mass is 287 g/mol. The molecule has 1 atom stereocenters. The van der Waals surface area contributed by atoms with Gasteiger partial charge in [-0.2, -0.15) is 0 Å². The Balaban J connectivity index is 1.89. The normalized spacial score (nSPS) is 11.7. The van der Waals surface area contributed by atoms with Gasteiger partial charge in [0.05, 0.1) is 11.6 Å². The van der Waals surface area contributed by atoms with Crippen LogP contribution in [0.5, 0.6) is 5.75 Å². The lowest BCUT2D eigenvalue weighted by Crippen LogP contribution is -2.31. The van der Waals surface area contributed by atoms with Crippen LogP contribution in [-0.4, -0.2) is 18.8 Å². The van der Waals surface area contributed by atoms with Gasteiger partial charge in [0, 0.05) is 0 Å². The van der Waals surface area contributed by atoms with E-state index in [1.165, 1.54) is 0 Å². The van der Waals surface area contributed by atoms with Gasteiger partial charge < -0.3 is 14.5 Å². The Labute approximate surface area is 122 Å². The Morgan fingerprint density at radius 2 is 2.10 bits per heavy atom. The molecule has 1 unspecified atom stereocenters. The van der Waals surface area contributed by atoms with E-state index in [1.807, 2.05) is 26.0 Å². The summed E-state index contributed by atoms with van der Waals surface area (Å²) in [5, 5.41) is 2.77. The highest BCUT2D eigenvalue weighted by Gasteiger charge is 2.13. The predicted octanol–water partition coefficient (Wildman–Crippen LogP) is 2.66. The fourth-order valence-electron chi connectivity index (χ4n) is 1.89. The molecule has 5 nitrogen and oxygen atoms in total. The second-order valence-corrected chi connectivity index (χ2v) is 4.68. The third-order valence-electron chi connectivity index (χ3n) is 2.97.